The van der Waals surface area contributed by atoms with Gasteiger partial charge in [0.15, 0.2) is 0 Å². The summed E-state index contributed by atoms with van der Waals surface area (Å²) in [5.74, 6) is 0.118. The molecule has 3 heterocycles. The second-order valence-electron chi connectivity index (χ2n) is 8.59. The molecule has 0 atom stereocenters. The maximum Gasteiger partial charge on any atom is 0.256 e. The molecule has 0 spiro atoms. The van der Waals surface area contributed by atoms with Crippen LogP contribution in [0.5, 0.6) is 0 Å². The summed E-state index contributed by atoms with van der Waals surface area (Å²) in [6.45, 7) is 7.29. The molecule has 162 valence electrons. The van der Waals surface area contributed by atoms with Gasteiger partial charge in [0, 0.05) is 62.2 Å². The number of nitrogens with zero attached hydrogens (tertiary/aromatic N) is 4. The molecule has 0 radical (unpaired) electrons. The van der Waals surface area contributed by atoms with Crippen molar-refractivity contribution in [1.29, 1.82) is 0 Å². The first kappa shape index (κ1) is 20.3. The summed E-state index contributed by atoms with van der Waals surface area (Å²) in [5.41, 5.74) is 7.59. The van der Waals surface area contributed by atoms with Gasteiger partial charge in [-0.1, -0.05) is 30.3 Å². The maximum atomic E-state index is 13.9. The molecule has 2 aromatic carbocycles. The van der Waals surface area contributed by atoms with Gasteiger partial charge in [-0.25, -0.2) is 0 Å². The van der Waals surface area contributed by atoms with Crippen LogP contribution in [0.3, 0.4) is 0 Å². The standard InChI is InChI=1S/C27H28N4O/c1-19-17-23-24(18-20(19)2)29(3)26(21-7-5-4-6-8-21)25(23)27(32)31-15-13-30(14-16-31)22-9-11-28-12-10-22/h4-12,17-18H,13-16H2,1-3H3. The third-order valence-corrected chi connectivity index (χ3v) is 6.67. The fourth-order valence-corrected chi connectivity index (χ4v) is 4.73. The van der Waals surface area contributed by atoms with E-state index in [1.54, 1.807) is 0 Å². The molecular weight excluding hydrogens is 396 g/mol. The average molecular weight is 425 g/mol. The number of aromatic nitrogens is 2. The summed E-state index contributed by atoms with van der Waals surface area (Å²) in [6, 6.07) is 18.7. The van der Waals surface area contributed by atoms with Gasteiger partial charge in [-0.2, -0.15) is 0 Å². The van der Waals surface area contributed by atoms with Crippen molar-refractivity contribution >= 4 is 22.5 Å². The molecular formula is C27H28N4O. The molecule has 5 rings (SSSR count). The van der Waals surface area contributed by atoms with Crippen molar-refractivity contribution in [3.63, 3.8) is 0 Å². The van der Waals surface area contributed by atoms with Crippen LogP contribution in [0.25, 0.3) is 22.2 Å². The molecule has 0 bridgehead atoms. The Hall–Kier alpha value is -3.60. The Morgan fingerprint density at radius 1 is 0.875 bits per heavy atom. The van der Waals surface area contributed by atoms with Crippen LogP contribution < -0.4 is 4.90 Å². The molecule has 1 aliphatic heterocycles. The van der Waals surface area contributed by atoms with Gasteiger partial charge in [-0.3, -0.25) is 9.78 Å². The third-order valence-electron chi connectivity index (χ3n) is 6.67. The van der Waals surface area contributed by atoms with Crippen molar-refractivity contribution in [3.05, 3.63) is 83.7 Å². The number of pyridine rings is 1. The summed E-state index contributed by atoms with van der Waals surface area (Å²) >= 11 is 0. The number of carbonyl (C=O) groups is 1. The molecule has 1 saturated heterocycles. The summed E-state index contributed by atoms with van der Waals surface area (Å²) in [7, 11) is 2.07. The Morgan fingerprint density at radius 3 is 2.22 bits per heavy atom. The number of hydrogen-bond donors (Lipinski definition) is 0. The van der Waals surface area contributed by atoms with Gasteiger partial charge in [0.1, 0.15) is 0 Å². The molecule has 0 saturated carbocycles. The number of carbonyl (C=O) groups excluding carboxylic acids is 1. The van der Waals surface area contributed by atoms with Gasteiger partial charge >= 0.3 is 0 Å². The summed E-state index contributed by atoms with van der Waals surface area (Å²) < 4.78 is 2.18. The Morgan fingerprint density at radius 2 is 1.53 bits per heavy atom. The number of hydrogen-bond acceptors (Lipinski definition) is 3. The predicted octanol–water partition coefficient (Wildman–Crippen LogP) is 4.82. The van der Waals surface area contributed by atoms with Gasteiger partial charge < -0.3 is 14.4 Å². The normalized spacial score (nSPS) is 14.2. The van der Waals surface area contributed by atoms with Crippen LogP contribution in [-0.2, 0) is 7.05 Å². The Labute approximate surface area is 188 Å². The molecule has 32 heavy (non-hydrogen) atoms. The lowest BCUT2D eigenvalue weighted by Gasteiger charge is -2.36. The fraction of sp³-hybridized carbons (Fsp3) is 0.259. The topological polar surface area (TPSA) is 41.4 Å². The fourth-order valence-electron chi connectivity index (χ4n) is 4.73. The van der Waals surface area contributed by atoms with Crippen LogP contribution in [0.1, 0.15) is 21.5 Å². The first-order valence-electron chi connectivity index (χ1n) is 11.1. The van der Waals surface area contributed by atoms with Crippen LogP contribution in [-0.4, -0.2) is 46.5 Å². The quantitative estimate of drug-likeness (QED) is 0.474. The Kier molecular flexibility index (Phi) is 5.17. The number of anilines is 1. The van der Waals surface area contributed by atoms with Crippen LogP contribution in [0.4, 0.5) is 5.69 Å². The molecule has 5 heteroatoms. The van der Waals surface area contributed by atoms with Crippen LogP contribution >= 0.6 is 0 Å². The highest BCUT2D eigenvalue weighted by atomic mass is 16.2. The van der Waals surface area contributed by atoms with Gasteiger partial charge in [-0.05, 0) is 54.8 Å². The number of aryl methyl sites for hydroxylation is 3. The molecule has 1 amide bonds. The average Bonchev–Trinajstić information content (AvgIpc) is 3.11. The van der Waals surface area contributed by atoms with E-state index >= 15 is 0 Å². The lowest BCUT2D eigenvalue weighted by atomic mass is 10.0. The van der Waals surface area contributed by atoms with Crippen molar-refractivity contribution in [1.82, 2.24) is 14.5 Å². The number of piperazine rings is 1. The van der Waals surface area contributed by atoms with E-state index in [2.05, 4.69) is 59.6 Å². The smallest absolute Gasteiger partial charge is 0.256 e. The lowest BCUT2D eigenvalue weighted by molar-refractivity contribution is 0.0749. The first-order chi connectivity index (χ1) is 15.5. The van der Waals surface area contributed by atoms with Crippen molar-refractivity contribution in [3.8, 4) is 11.3 Å². The molecule has 0 unspecified atom stereocenters. The van der Waals surface area contributed by atoms with Crippen molar-refractivity contribution in [2.75, 3.05) is 31.1 Å². The van der Waals surface area contributed by atoms with Gasteiger partial charge in [0.2, 0.25) is 0 Å². The molecule has 5 nitrogen and oxygen atoms in total. The SMILES string of the molecule is Cc1cc2c(C(=O)N3CCN(c4ccncc4)CC3)c(-c3ccccc3)n(C)c2cc1C. The zero-order valence-corrected chi connectivity index (χ0v) is 18.9. The summed E-state index contributed by atoms with van der Waals surface area (Å²) in [5, 5.41) is 1.04. The number of benzene rings is 2. The molecule has 0 N–H and O–H groups in total. The van der Waals surface area contributed by atoms with E-state index in [1.807, 2.05) is 47.6 Å². The number of rotatable bonds is 3. The van der Waals surface area contributed by atoms with Crippen LogP contribution in [0, 0.1) is 13.8 Å². The van der Waals surface area contributed by atoms with E-state index in [1.165, 1.54) is 11.1 Å². The molecule has 4 aromatic rings. The largest absolute Gasteiger partial charge is 0.368 e. The van der Waals surface area contributed by atoms with Crippen molar-refractivity contribution in [2.45, 2.75) is 13.8 Å². The zero-order valence-electron chi connectivity index (χ0n) is 18.9. The summed E-state index contributed by atoms with van der Waals surface area (Å²) in [6.07, 6.45) is 3.64. The highest BCUT2D eigenvalue weighted by molar-refractivity contribution is 6.13. The number of fused-ring (bicyclic) bond motifs is 1. The van der Waals surface area contributed by atoms with E-state index < -0.39 is 0 Å². The van der Waals surface area contributed by atoms with Gasteiger partial charge in [0.25, 0.3) is 5.91 Å². The monoisotopic (exact) mass is 424 g/mol. The third kappa shape index (κ3) is 3.44. The van der Waals surface area contributed by atoms with Crippen molar-refractivity contribution < 1.29 is 4.79 Å². The Bertz CT molecular complexity index is 1270. The minimum Gasteiger partial charge on any atom is -0.368 e. The van der Waals surface area contributed by atoms with Crippen molar-refractivity contribution in [2.24, 2.45) is 7.05 Å². The van der Waals surface area contributed by atoms with Gasteiger partial charge in [0.05, 0.1) is 11.3 Å². The molecule has 2 aromatic heterocycles. The van der Waals surface area contributed by atoms with Gasteiger partial charge in [-0.15, -0.1) is 0 Å². The second kappa shape index (κ2) is 8.15. The Balaban J connectivity index is 1.54. The minimum absolute atomic E-state index is 0.118. The second-order valence-corrected chi connectivity index (χ2v) is 8.59. The first-order valence-corrected chi connectivity index (χ1v) is 11.1. The summed E-state index contributed by atoms with van der Waals surface area (Å²) in [4.78, 5) is 22.4. The predicted molar refractivity (Wildman–Crippen MR) is 130 cm³/mol. The maximum absolute atomic E-state index is 13.9. The van der Waals surface area contributed by atoms with E-state index in [4.69, 9.17) is 0 Å². The lowest BCUT2D eigenvalue weighted by Crippen LogP contribution is -2.48. The molecule has 1 aliphatic rings. The van der Waals surface area contributed by atoms with Crippen LogP contribution in [0.15, 0.2) is 67.0 Å². The zero-order chi connectivity index (χ0) is 22.2. The van der Waals surface area contributed by atoms with E-state index in [9.17, 15) is 4.79 Å². The van der Waals surface area contributed by atoms with Crippen LogP contribution in [0.2, 0.25) is 0 Å². The minimum atomic E-state index is 0.118. The van der Waals surface area contributed by atoms with E-state index in [0.717, 1.165) is 46.5 Å². The van der Waals surface area contributed by atoms with E-state index in [0.29, 0.717) is 13.1 Å². The molecule has 0 aliphatic carbocycles. The molecule has 1 fully saturated rings. The van der Waals surface area contributed by atoms with E-state index in [-0.39, 0.29) is 5.91 Å². The highest BCUT2D eigenvalue weighted by Crippen LogP contribution is 2.35. The highest BCUT2D eigenvalue weighted by Gasteiger charge is 2.29. The number of amides is 1.